The fraction of sp³-hybridized carbons (Fsp3) is 0.211. The summed E-state index contributed by atoms with van der Waals surface area (Å²) in [6, 6.07) is 13.8. The van der Waals surface area contributed by atoms with E-state index in [1.807, 2.05) is 54.8 Å². The van der Waals surface area contributed by atoms with E-state index < -0.39 is 5.97 Å². The van der Waals surface area contributed by atoms with Crippen LogP contribution in [0.1, 0.15) is 28.9 Å². The zero-order chi connectivity index (χ0) is 18.4. The summed E-state index contributed by atoms with van der Waals surface area (Å²) >= 11 is 2.94. The molecule has 0 spiro atoms. The van der Waals surface area contributed by atoms with Gasteiger partial charge in [0.25, 0.3) is 5.91 Å². The van der Waals surface area contributed by atoms with E-state index in [1.54, 1.807) is 16.7 Å². The zero-order valence-corrected chi connectivity index (χ0v) is 15.8. The normalized spacial score (nSPS) is 11.7. The van der Waals surface area contributed by atoms with Gasteiger partial charge in [-0.15, -0.1) is 22.7 Å². The van der Waals surface area contributed by atoms with Crippen molar-refractivity contribution in [2.24, 2.45) is 0 Å². The molecule has 3 rings (SSSR count). The first kappa shape index (κ1) is 18.3. The van der Waals surface area contributed by atoms with Crippen LogP contribution < -0.4 is 5.32 Å². The Morgan fingerprint density at radius 2 is 1.96 bits per heavy atom. The number of nitrogens with zero attached hydrogens (tertiary/aromatic N) is 1. The van der Waals surface area contributed by atoms with Crippen molar-refractivity contribution in [1.82, 2.24) is 10.3 Å². The number of carbonyl (C=O) groups is 2. The molecule has 1 N–H and O–H groups in total. The van der Waals surface area contributed by atoms with Crippen molar-refractivity contribution >= 4 is 34.6 Å². The quantitative estimate of drug-likeness (QED) is 0.624. The molecule has 0 radical (unpaired) electrons. The lowest BCUT2D eigenvalue weighted by molar-refractivity contribution is -0.124. The molecule has 0 aliphatic heterocycles. The van der Waals surface area contributed by atoms with Gasteiger partial charge in [0.2, 0.25) is 0 Å². The minimum atomic E-state index is -0.588. The van der Waals surface area contributed by atoms with Gasteiger partial charge in [0.1, 0.15) is 5.01 Å². The maximum atomic E-state index is 12.0. The van der Waals surface area contributed by atoms with Gasteiger partial charge in [-0.25, -0.2) is 9.78 Å². The number of thiophene rings is 1. The maximum Gasteiger partial charge on any atom is 0.358 e. The first-order valence-electron chi connectivity index (χ1n) is 8.11. The van der Waals surface area contributed by atoms with Crippen LogP contribution in [0.25, 0.3) is 9.88 Å². The number of hydrogen-bond acceptors (Lipinski definition) is 6. The Morgan fingerprint density at radius 1 is 1.15 bits per heavy atom. The molecule has 1 atom stereocenters. The van der Waals surface area contributed by atoms with E-state index in [9.17, 15) is 9.59 Å². The van der Waals surface area contributed by atoms with Crippen LogP contribution in [0, 0.1) is 0 Å². The van der Waals surface area contributed by atoms with Crippen molar-refractivity contribution in [3.8, 4) is 9.88 Å². The smallest absolute Gasteiger partial charge is 0.358 e. The molecule has 0 bridgehead atoms. The minimum Gasteiger partial charge on any atom is -0.451 e. The van der Waals surface area contributed by atoms with E-state index in [1.165, 1.54) is 11.3 Å². The van der Waals surface area contributed by atoms with Crippen molar-refractivity contribution in [3.63, 3.8) is 0 Å². The number of hydrogen-bond donors (Lipinski definition) is 1. The Bertz CT molecular complexity index is 860. The third-order valence-corrected chi connectivity index (χ3v) is 5.64. The fourth-order valence-corrected chi connectivity index (χ4v) is 3.91. The van der Waals surface area contributed by atoms with Gasteiger partial charge < -0.3 is 10.1 Å². The summed E-state index contributed by atoms with van der Waals surface area (Å²) in [6.07, 6.45) is 0. The standard InChI is InChI=1S/C19H18N2O3S2/c1-13(14-6-3-2-4-7-14)10-20-17(22)11-24-19(23)15-12-26-18(21-15)16-8-5-9-25-16/h2-9,12-13H,10-11H2,1H3,(H,20,22)/t13-/m0/s1. The Kier molecular flexibility index (Phi) is 6.14. The molecular formula is C19H18N2O3S2. The van der Waals surface area contributed by atoms with Crippen LogP contribution in [0.4, 0.5) is 0 Å². The first-order chi connectivity index (χ1) is 12.6. The topological polar surface area (TPSA) is 68.3 Å². The van der Waals surface area contributed by atoms with Crippen molar-refractivity contribution < 1.29 is 14.3 Å². The second-order valence-corrected chi connectivity index (χ2v) is 7.51. The van der Waals surface area contributed by atoms with E-state index in [-0.39, 0.29) is 24.1 Å². The van der Waals surface area contributed by atoms with Crippen LogP contribution in [0.2, 0.25) is 0 Å². The van der Waals surface area contributed by atoms with Crippen molar-refractivity contribution in [2.45, 2.75) is 12.8 Å². The van der Waals surface area contributed by atoms with Gasteiger partial charge in [0.05, 0.1) is 4.88 Å². The first-order valence-corrected chi connectivity index (χ1v) is 9.87. The summed E-state index contributed by atoms with van der Waals surface area (Å²) in [5.74, 6) is -0.729. The van der Waals surface area contributed by atoms with Gasteiger partial charge in [0.15, 0.2) is 12.3 Å². The molecule has 2 heterocycles. The molecule has 7 heteroatoms. The molecular weight excluding hydrogens is 368 g/mol. The number of amides is 1. The number of carbonyl (C=O) groups excluding carboxylic acids is 2. The summed E-state index contributed by atoms with van der Waals surface area (Å²) in [6.45, 7) is 2.20. The highest BCUT2D eigenvalue weighted by Gasteiger charge is 2.15. The molecule has 0 fully saturated rings. The van der Waals surface area contributed by atoms with Gasteiger partial charge in [-0.05, 0) is 22.9 Å². The highest BCUT2D eigenvalue weighted by molar-refractivity contribution is 7.20. The second kappa shape index (κ2) is 8.73. The Labute approximate surface area is 159 Å². The Morgan fingerprint density at radius 3 is 2.69 bits per heavy atom. The summed E-state index contributed by atoms with van der Waals surface area (Å²) in [4.78, 5) is 29.2. The third-order valence-electron chi connectivity index (χ3n) is 3.75. The van der Waals surface area contributed by atoms with Crippen LogP contribution in [-0.4, -0.2) is 30.0 Å². The highest BCUT2D eigenvalue weighted by Crippen LogP contribution is 2.27. The molecule has 0 aliphatic rings. The number of aromatic nitrogens is 1. The summed E-state index contributed by atoms with van der Waals surface area (Å²) in [5.41, 5.74) is 1.37. The molecule has 5 nitrogen and oxygen atoms in total. The lowest BCUT2D eigenvalue weighted by Gasteiger charge is -2.13. The fourth-order valence-electron chi connectivity index (χ4n) is 2.30. The maximum absolute atomic E-state index is 12.0. The lowest BCUT2D eigenvalue weighted by atomic mass is 10.0. The monoisotopic (exact) mass is 386 g/mol. The predicted octanol–water partition coefficient (Wildman–Crippen LogP) is 3.95. The summed E-state index contributed by atoms with van der Waals surface area (Å²) in [7, 11) is 0. The van der Waals surface area contributed by atoms with Crippen LogP contribution in [0.3, 0.4) is 0 Å². The highest BCUT2D eigenvalue weighted by atomic mass is 32.1. The molecule has 26 heavy (non-hydrogen) atoms. The van der Waals surface area contributed by atoms with E-state index >= 15 is 0 Å². The molecule has 0 saturated heterocycles. The number of rotatable bonds is 7. The van der Waals surface area contributed by atoms with Crippen molar-refractivity contribution in [3.05, 3.63) is 64.5 Å². The summed E-state index contributed by atoms with van der Waals surface area (Å²) < 4.78 is 5.06. The zero-order valence-electron chi connectivity index (χ0n) is 14.2. The number of thiazole rings is 1. The molecule has 134 valence electrons. The minimum absolute atomic E-state index is 0.183. The molecule has 0 unspecified atom stereocenters. The van der Waals surface area contributed by atoms with Crippen LogP contribution in [0.5, 0.6) is 0 Å². The summed E-state index contributed by atoms with van der Waals surface area (Å²) in [5, 5.41) is 7.15. The molecule has 2 aromatic heterocycles. The van der Waals surface area contributed by atoms with Crippen LogP contribution in [0.15, 0.2) is 53.2 Å². The van der Waals surface area contributed by atoms with E-state index in [0.29, 0.717) is 6.54 Å². The average Bonchev–Trinajstić information content (AvgIpc) is 3.36. The Balaban J connectivity index is 1.45. The third kappa shape index (κ3) is 4.77. The molecule has 0 saturated carbocycles. The van der Waals surface area contributed by atoms with Gasteiger partial charge in [-0.1, -0.05) is 43.3 Å². The number of ether oxygens (including phenoxy) is 1. The van der Waals surface area contributed by atoms with Crippen LogP contribution in [-0.2, 0) is 9.53 Å². The van der Waals surface area contributed by atoms with Gasteiger partial charge in [-0.3, -0.25) is 4.79 Å². The average molecular weight is 386 g/mol. The number of esters is 1. The number of benzene rings is 1. The van der Waals surface area contributed by atoms with Crippen molar-refractivity contribution in [1.29, 1.82) is 0 Å². The molecule has 1 amide bonds. The van der Waals surface area contributed by atoms with Gasteiger partial charge >= 0.3 is 5.97 Å². The predicted molar refractivity (Wildman–Crippen MR) is 104 cm³/mol. The SMILES string of the molecule is C[C@@H](CNC(=O)COC(=O)c1csc(-c2cccs2)n1)c1ccccc1. The lowest BCUT2D eigenvalue weighted by Crippen LogP contribution is -2.31. The second-order valence-electron chi connectivity index (χ2n) is 5.71. The van der Waals surface area contributed by atoms with Gasteiger partial charge in [0, 0.05) is 11.9 Å². The number of nitrogens with one attached hydrogen (secondary N) is 1. The van der Waals surface area contributed by atoms with Crippen molar-refractivity contribution in [2.75, 3.05) is 13.2 Å². The van der Waals surface area contributed by atoms with Crippen LogP contribution >= 0.6 is 22.7 Å². The Hall–Kier alpha value is -2.51. The molecule has 3 aromatic rings. The largest absolute Gasteiger partial charge is 0.451 e. The van der Waals surface area contributed by atoms with E-state index in [0.717, 1.165) is 15.4 Å². The molecule has 0 aliphatic carbocycles. The van der Waals surface area contributed by atoms with E-state index in [2.05, 4.69) is 10.3 Å². The van der Waals surface area contributed by atoms with E-state index in [4.69, 9.17) is 4.74 Å². The van der Waals surface area contributed by atoms with Gasteiger partial charge in [-0.2, -0.15) is 0 Å². The molecule has 1 aromatic carbocycles.